The van der Waals surface area contributed by atoms with E-state index in [9.17, 15) is 9.59 Å². The SMILES string of the molecule is Cc1c(C(=O)Nc2ccccc2OCCc2ccccc2)sc2nc3n(c(=O)c12)CCC3. The number of nitrogens with one attached hydrogen (secondary N) is 1. The van der Waals surface area contributed by atoms with Crippen LogP contribution >= 0.6 is 11.3 Å². The van der Waals surface area contributed by atoms with Gasteiger partial charge in [0.25, 0.3) is 11.5 Å². The fourth-order valence-electron chi connectivity index (χ4n) is 4.09. The zero-order chi connectivity index (χ0) is 22.1. The molecule has 0 unspecified atom stereocenters. The zero-order valence-electron chi connectivity index (χ0n) is 17.8. The molecule has 0 fully saturated rings. The van der Waals surface area contributed by atoms with Crippen LogP contribution in [0.5, 0.6) is 5.75 Å². The van der Waals surface area contributed by atoms with Crippen molar-refractivity contribution in [2.24, 2.45) is 0 Å². The van der Waals surface area contributed by atoms with Gasteiger partial charge in [-0.05, 0) is 36.6 Å². The number of aryl methyl sites for hydroxylation is 2. The van der Waals surface area contributed by atoms with Crippen molar-refractivity contribution in [2.45, 2.75) is 32.7 Å². The van der Waals surface area contributed by atoms with Gasteiger partial charge in [-0.2, -0.15) is 0 Å². The lowest BCUT2D eigenvalue weighted by Crippen LogP contribution is -2.20. The molecule has 0 radical (unpaired) electrons. The lowest BCUT2D eigenvalue weighted by molar-refractivity contribution is 0.102. The Morgan fingerprint density at radius 2 is 1.94 bits per heavy atom. The monoisotopic (exact) mass is 445 g/mol. The molecule has 1 N–H and O–H groups in total. The number of amides is 1. The van der Waals surface area contributed by atoms with Crippen LogP contribution in [0.15, 0.2) is 59.4 Å². The molecule has 0 aliphatic carbocycles. The Morgan fingerprint density at radius 3 is 2.78 bits per heavy atom. The minimum atomic E-state index is -0.255. The Morgan fingerprint density at radius 1 is 1.16 bits per heavy atom. The van der Waals surface area contributed by atoms with Gasteiger partial charge in [0.1, 0.15) is 16.4 Å². The van der Waals surface area contributed by atoms with Crippen molar-refractivity contribution in [3.63, 3.8) is 0 Å². The minimum Gasteiger partial charge on any atom is -0.491 e. The molecule has 0 saturated carbocycles. The number of para-hydroxylation sites is 2. The molecule has 2 aromatic carbocycles. The Hall–Kier alpha value is -3.45. The summed E-state index contributed by atoms with van der Waals surface area (Å²) in [4.78, 5) is 31.8. The van der Waals surface area contributed by atoms with Crippen LogP contribution in [0.1, 0.15) is 33.0 Å². The second kappa shape index (κ2) is 8.59. The number of carbonyl (C=O) groups excluding carboxylic acids is 1. The summed E-state index contributed by atoms with van der Waals surface area (Å²) in [5, 5.41) is 3.52. The first-order chi connectivity index (χ1) is 15.6. The summed E-state index contributed by atoms with van der Waals surface area (Å²) < 4.78 is 7.70. The van der Waals surface area contributed by atoms with Gasteiger partial charge in [0, 0.05) is 19.4 Å². The summed E-state index contributed by atoms with van der Waals surface area (Å²) in [6.45, 7) is 3.02. The lowest BCUT2D eigenvalue weighted by atomic mass is 10.2. The molecule has 4 aromatic rings. The van der Waals surface area contributed by atoms with Gasteiger partial charge in [-0.15, -0.1) is 11.3 Å². The van der Waals surface area contributed by atoms with Crippen molar-refractivity contribution >= 4 is 33.1 Å². The van der Waals surface area contributed by atoms with Crippen LogP contribution in [0.3, 0.4) is 0 Å². The number of ether oxygens (including phenoxy) is 1. The second-order valence-electron chi connectivity index (χ2n) is 7.86. The number of fused-ring (bicyclic) bond motifs is 2. The molecule has 3 heterocycles. The molecule has 0 spiro atoms. The third kappa shape index (κ3) is 3.80. The van der Waals surface area contributed by atoms with Crippen LogP contribution in [-0.2, 0) is 19.4 Å². The third-order valence-electron chi connectivity index (χ3n) is 5.74. The number of thiophene rings is 1. The predicted molar refractivity (Wildman–Crippen MR) is 127 cm³/mol. The smallest absolute Gasteiger partial charge is 0.266 e. The van der Waals surface area contributed by atoms with Gasteiger partial charge >= 0.3 is 0 Å². The van der Waals surface area contributed by atoms with Gasteiger partial charge < -0.3 is 10.1 Å². The number of hydrogen-bond acceptors (Lipinski definition) is 5. The number of benzene rings is 2. The topological polar surface area (TPSA) is 73.2 Å². The van der Waals surface area contributed by atoms with E-state index in [-0.39, 0.29) is 11.5 Å². The lowest BCUT2D eigenvalue weighted by Gasteiger charge is -2.12. The molecular weight excluding hydrogens is 422 g/mol. The molecule has 0 saturated heterocycles. The average Bonchev–Trinajstić information content (AvgIpc) is 3.41. The van der Waals surface area contributed by atoms with Crippen LogP contribution in [0.25, 0.3) is 10.2 Å². The van der Waals surface area contributed by atoms with E-state index in [1.807, 2.05) is 49.4 Å². The molecule has 1 aliphatic rings. The molecule has 162 valence electrons. The molecule has 1 amide bonds. The molecule has 6 nitrogen and oxygen atoms in total. The Bertz CT molecular complexity index is 1360. The molecular formula is C25H23N3O3S. The van der Waals surface area contributed by atoms with E-state index in [0.717, 1.165) is 25.1 Å². The largest absolute Gasteiger partial charge is 0.491 e. The summed E-state index contributed by atoms with van der Waals surface area (Å²) >= 11 is 1.28. The van der Waals surface area contributed by atoms with Crippen molar-refractivity contribution in [1.29, 1.82) is 0 Å². The zero-order valence-corrected chi connectivity index (χ0v) is 18.6. The predicted octanol–water partition coefficient (Wildman–Crippen LogP) is 4.59. The summed E-state index contributed by atoms with van der Waals surface area (Å²) in [5.74, 6) is 1.18. The molecule has 1 aliphatic heterocycles. The van der Waals surface area contributed by atoms with E-state index in [2.05, 4.69) is 22.4 Å². The van der Waals surface area contributed by atoms with E-state index < -0.39 is 0 Å². The van der Waals surface area contributed by atoms with Crippen molar-refractivity contribution in [3.8, 4) is 5.75 Å². The van der Waals surface area contributed by atoms with Gasteiger partial charge in [-0.25, -0.2) is 4.98 Å². The van der Waals surface area contributed by atoms with E-state index in [1.165, 1.54) is 16.9 Å². The van der Waals surface area contributed by atoms with Crippen LogP contribution in [-0.4, -0.2) is 22.1 Å². The van der Waals surface area contributed by atoms with E-state index in [1.54, 1.807) is 4.57 Å². The highest BCUT2D eigenvalue weighted by Crippen LogP contribution is 2.31. The maximum atomic E-state index is 13.1. The molecule has 2 aromatic heterocycles. The Kier molecular flexibility index (Phi) is 5.49. The number of nitrogens with zero attached hydrogens (tertiary/aromatic N) is 2. The summed E-state index contributed by atoms with van der Waals surface area (Å²) in [5.41, 5.74) is 2.44. The normalized spacial score (nSPS) is 12.7. The van der Waals surface area contributed by atoms with Crippen LogP contribution < -0.4 is 15.6 Å². The standard InChI is InChI=1S/C25H23N3O3S/c1-16-21-24(27-20-12-7-14-28(20)25(21)30)32-22(16)23(29)26-18-10-5-6-11-19(18)31-15-13-17-8-3-2-4-9-17/h2-6,8-11H,7,12-15H2,1H3,(H,26,29). The van der Waals surface area contributed by atoms with Gasteiger partial charge in [0.15, 0.2) is 0 Å². The highest BCUT2D eigenvalue weighted by atomic mass is 32.1. The van der Waals surface area contributed by atoms with Gasteiger partial charge in [-0.1, -0.05) is 42.5 Å². The number of hydrogen-bond donors (Lipinski definition) is 1. The highest BCUT2D eigenvalue weighted by Gasteiger charge is 2.23. The highest BCUT2D eigenvalue weighted by molar-refractivity contribution is 7.20. The van der Waals surface area contributed by atoms with Gasteiger partial charge in [-0.3, -0.25) is 14.2 Å². The van der Waals surface area contributed by atoms with Crippen LogP contribution in [0, 0.1) is 6.92 Å². The van der Waals surface area contributed by atoms with E-state index in [0.29, 0.717) is 45.2 Å². The fraction of sp³-hybridized carbons (Fsp3) is 0.240. The Balaban J connectivity index is 1.36. The van der Waals surface area contributed by atoms with Crippen molar-refractivity contribution < 1.29 is 9.53 Å². The number of carbonyl (C=O) groups is 1. The first-order valence-electron chi connectivity index (χ1n) is 10.7. The molecule has 5 rings (SSSR count). The number of rotatable bonds is 6. The van der Waals surface area contributed by atoms with Gasteiger partial charge in [0.2, 0.25) is 0 Å². The molecule has 7 heteroatoms. The quantitative estimate of drug-likeness (QED) is 0.471. The first-order valence-corrected chi connectivity index (χ1v) is 11.5. The summed E-state index contributed by atoms with van der Waals surface area (Å²) in [7, 11) is 0. The van der Waals surface area contributed by atoms with Crippen molar-refractivity contribution in [1.82, 2.24) is 9.55 Å². The molecule has 0 atom stereocenters. The van der Waals surface area contributed by atoms with Crippen molar-refractivity contribution in [2.75, 3.05) is 11.9 Å². The Labute approximate surface area is 189 Å². The molecule has 32 heavy (non-hydrogen) atoms. The number of aromatic nitrogens is 2. The van der Waals surface area contributed by atoms with Crippen LogP contribution in [0.2, 0.25) is 0 Å². The maximum Gasteiger partial charge on any atom is 0.266 e. The van der Waals surface area contributed by atoms with Crippen molar-refractivity contribution in [3.05, 3.63) is 86.8 Å². The summed E-state index contributed by atoms with van der Waals surface area (Å²) in [6.07, 6.45) is 2.52. The second-order valence-corrected chi connectivity index (χ2v) is 8.86. The fourth-order valence-corrected chi connectivity index (χ4v) is 5.18. The molecule has 0 bridgehead atoms. The first kappa shape index (κ1) is 20.5. The minimum absolute atomic E-state index is 0.0417. The van der Waals surface area contributed by atoms with E-state index in [4.69, 9.17) is 4.74 Å². The van der Waals surface area contributed by atoms with Gasteiger partial charge in [0.05, 0.1) is 22.6 Å². The van der Waals surface area contributed by atoms with Crippen LogP contribution in [0.4, 0.5) is 5.69 Å². The average molecular weight is 446 g/mol. The van der Waals surface area contributed by atoms with E-state index >= 15 is 0 Å². The number of anilines is 1. The summed E-state index contributed by atoms with van der Waals surface area (Å²) in [6, 6.07) is 17.5. The third-order valence-corrected chi connectivity index (χ3v) is 6.93. The maximum absolute atomic E-state index is 13.1.